The Morgan fingerprint density at radius 3 is 1.58 bits per heavy atom. The minimum absolute atomic E-state index is 0.00807. The Morgan fingerprint density at radius 2 is 1.08 bits per heavy atom. The number of likely N-dealkylation sites (N-methyl/N-ethyl adjacent to an activating group) is 2. The number of para-hydroxylation sites is 2. The fourth-order valence-corrected chi connectivity index (χ4v) is 10.4. The van der Waals surface area contributed by atoms with Gasteiger partial charge in [0.2, 0.25) is 0 Å². The lowest BCUT2D eigenvalue weighted by atomic mass is 10.1. The molecule has 4 heterocycles. The predicted molar refractivity (Wildman–Crippen MR) is 276 cm³/mol. The molecule has 2 amide bonds. The van der Waals surface area contributed by atoms with E-state index in [1.807, 2.05) is 78.5 Å². The quantitative estimate of drug-likeness (QED) is 0.0504. The Labute approximate surface area is 421 Å². The van der Waals surface area contributed by atoms with E-state index in [0.717, 1.165) is 63.5 Å². The molecule has 0 unspecified atom stereocenters. The number of methoxy groups -OCH3 is 4. The van der Waals surface area contributed by atoms with Gasteiger partial charge in [-0.3, -0.25) is 14.4 Å². The lowest BCUT2D eigenvalue weighted by molar-refractivity contribution is -0.140. The molecule has 16 nitrogen and oxygen atoms in total. The maximum Gasteiger partial charge on any atom is 0.305 e. The van der Waals surface area contributed by atoms with Crippen molar-refractivity contribution in [3.05, 3.63) is 124 Å². The van der Waals surface area contributed by atoms with Gasteiger partial charge in [0.25, 0.3) is 11.8 Å². The first-order chi connectivity index (χ1) is 35.1. The van der Waals surface area contributed by atoms with Crippen molar-refractivity contribution < 1.29 is 52.3 Å². The molecule has 72 heavy (non-hydrogen) atoms. The number of nitrogens with zero attached hydrogens (tertiary/aromatic N) is 5. The number of hydrogen-bond acceptors (Lipinski definition) is 14. The first-order valence-electron chi connectivity index (χ1n) is 24.6. The van der Waals surface area contributed by atoms with Gasteiger partial charge >= 0.3 is 5.97 Å². The highest BCUT2D eigenvalue weighted by Gasteiger charge is 2.41. The highest BCUT2D eigenvalue weighted by molar-refractivity contribution is 6.13. The molecular weight excluding hydrogens is 919 g/mol. The van der Waals surface area contributed by atoms with Crippen LogP contribution in [0.25, 0.3) is 0 Å². The summed E-state index contributed by atoms with van der Waals surface area (Å²) in [6.45, 7) is 4.91. The normalized spacial score (nSPS) is 16.5. The molecule has 4 aliphatic rings. The molecule has 0 N–H and O–H groups in total. The molecule has 380 valence electrons. The molecule has 0 aromatic heterocycles. The van der Waals surface area contributed by atoms with Crippen molar-refractivity contribution in [2.45, 2.75) is 51.0 Å². The van der Waals surface area contributed by atoms with Gasteiger partial charge in [-0.2, -0.15) is 0 Å². The van der Waals surface area contributed by atoms with Gasteiger partial charge in [0.05, 0.1) is 88.9 Å². The summed E-state index contributed by atoms with van der Waals surface area (Å²) >= 11 is 0. The number of carbonyl (C=O) groups is 3. The highest BCUT2D eigenvalue weighted by atomic mass is 16.5. The number of anilines is 5. The summed E-state index contributed by atoms with van der Waals surface area (Å²) in [4.78, 5) is 51.2. The Kier molecular flexibility index (Phi) is 15.7. The number of rotatable bonds is 22. The first-order valence-corrected chi connectivity index (χ1v) is 24.6. The maximum absolute atomic E-state index is 14.3. The summed E-state index contributed by atoms with van der Waals surface area (Å²) in [5.74, 6) is 1.45. The summed E-state index contributed by atoms with van der Waals surface area (Å²) in [5, 5.41) is 0. The van der Waals surface area contributed by atoms with Crippen LogP contribution in [0.3, 0.4) is 0 Å². The van der Waals surface area contributed by atoms with E-state index in [0.29, 0.717) is 99.8 Å². The molecule has 0 saturated heterocycles. The third-order valence-electron chi connectivity index (χ3n) is 13.9. The molecule has 16 heteroatoms. The molecular formula is C56H65N5O11. The van der Waals surface area contributed by atoms with Gasteiger partial charge < -0.3 is 62.4 Å². The number of esters is 1. The van der Waals surface area contributed by atoms with Crippen molar-refractivity contribution in [3.8, 4) is 23.0 Å². The topological polar surface area (TPSA) is 141 Å². The van der Waals surface area contributed by atoms with Crippen LogP contribution >= 0.6 is 0 Å². The summed E-state index contributed by atoms with van der Waals surface area (Å²) in [6, 6.07) is 29.7. The molecule has 0 radical (unpaired) electrons. The number of benzene rings is 5. The van der Waals surface area contributed by atoms with E-state index in [9.17, 15) is 14.4 Å². The van der Waals surface area contributed by atoms with Crippen LogP contribution in [-0.4, -0.2) is 132 Å². The monoisotopic (exact) mass is 983 g/mol. The second-order valence-electron chi connectivity index (χ2n) is 18.6. The fraction of sp³-hybridized carbons (Fsp3) is 0.411. The maximum atomic E-state index is 14.3. The first kappa shape index (κ1) is 50.0. The molecule has 0 bridgehead atoms. The van der Waals surface area contributed by atoms with Crippen LogP contribution in [0.1, 0.15) is 55.8 Å². The molecule has 5 aromatic rings. The van der Waals surface area contributed by atoms with E-state index in [2.05, 4.69) is 39.0 Å². The summed E-state index contributed by atoms with van der Waals surface area (Å²) in [7, 11) is 10.2. The summed E-state index contributed by atoms with van der Waals surface area (Å²) in [6.07, 6.45) is 2.36. The lowest BCUT2D eigenvalue weighted by Gasteiger charge is -2.26. The minimum atomic E-state index is -0.282. The predicted octanol–water partition coefficient (Wildman–Crippen LogP) is 7.34. The zero-order valence-electron chi connectivity index (χ0n) is 42.1. The van der Waals surface area contributed by atoms with Crippen LogP contribution < -0.4 is 43.4 Å². The van der Waals surface area contributed by atoms with E-state index in [1.165, 1.54) is 7.11 Å². The fourth-order valence-electron chi connectivity index (χ4n) is 10.4. The van der Waals surface area contributed by atoms with Gasteiger partial charge in [-0.1, -0.05) is 36.4 Å². The third-order valence-corrected chi connectivity index (χ3v) is 13.9. The van der Waals surface area contributed by atoms with E-state index >= 15 is 0 Å². The zero-order chi connectivity index (χ0) is 50.3. The van der Waals surface area contributed by atoms with E-state index < -0.39 is 0 Å². The average molecular weight is 984 g/mol. The van der Waals surface area contributed by atoms with Crippen molar-refractivity contribution >= 4 is 46.2 Å². The van der Waals surface area contributed by atoms with Crippen LogP contribution in [-0.2, 0) is 49.8 Å². The summed E-state index contributed by atoms with van der Waals surface area (Å²) < 4.78 is 46.9. The average Bonchev–Trinajstić information content (AvgIpc) is 3.90. The smallest absolute Gasteiger partial charge is 0.305 e. The van der Waals surface area contributed by atoms with E-state index in [1.54, 1.807) is 33.5 Å². The molecule has 0 aliphatic carbocycles. The van der Waals surface area contributed by atoms with Gasteiger partial charge in [0.1, 0.15) is 13.2 Å². The summed E-state index contributed by atoms with van der Waals surface area (Å²) in [5.41, 5.74) is 9.39. The number of fused-ring (bicyclic) bond motifs is 8. The second kappa shape index (κ2) is 22.6. The van der Waals surface area contributed by atoms with Crippen LogP contribution in [0.2, 0.25) is 0 Å². The van der Waals surface area contributed by atoms with Crippen LogP contribution in [0.5, 0.6) is 23.0 Å². The Hall–Kier alpha value is -7.01. The number of ether oxygens (including phenoxy) is 8. The lowest BCUT2D eigenvalue weighted by Crippen LogP contribution is -2.41. The largest absolute Gasteiger partial charge is 0.493 e. The molecule has 5 aromatic carbocycles. The molecule has 9 rings (SSSR count). The van der Waals surface area contributed by atoms with Crippen molar-refractivity contribution in [3.63, 3.8) is 0 Å². The Bertz CT molecular complexity index is 2610. The molecule has 2 atom stereocenters. The Balaban J connectivity index is 1.00. The van der Waals surface area contributed by atoms with Crippen molar-refractivity contribution in [2.75, 3.05) is 126 Å². The Morgan fingerprint density at radius 1 is 0.583 bits per heavy atom. The van der Waals surface area contributed by atoms with Crippen molar-refractivity contribution in [2.24, 2.45) is 0 Å². The number of hydrogen-bond donors (Lipinski definition) is 0. The number of carbonyl (C=O) groups excluding carboxylic acids is 3. The SMILES string of the molecule is COCCOCCOCCN(CCCC(=O)OC)c1cc(COc2cc3c(cc2OC)C(=O)N2c4ccccc4C[C@H]2CN3C)cc(COc2cc3c(cc2OC)C(=O)N2c4ccccc4C[C@H]2CN3C)c1. The van der Waals surface area contributed by atoms with Gasteiger partial charge in [-0.25, -0.2) is 0 Å². The van der Waals surface area contributed by atoms with Crippen molar-refractivity contribution in [1.82, 2.24) is 0 Å². The third kappa shape index (κ3) is 10.6. The number of amides is 2. The molecule has 0 saturated carbocycles. The molecule has 0 fully saturated rings. The van der Waals surface area contributed by atoms with E-state index in [-0.39, 0.29) is 49.5 Å². The molecule has 4 aliphatic heterocycles. The van der Waals surface area contributed by atoms with Gasteiger partial charge in [-0.05, 0) is 84.0 Å². The zero-order valence-corrected chi connectivity index (χ0v) is 42.1. The highest BCUT2D eigenvalue weighted by Crippen LogP contribution is 2.44. The van der Waals surface area contributed by atoms with Crippen LogP contribution in [0.15, 0.2) is 91.0 Å². The van der Waals surface area contributed by atoms with Crippen LogP contribution in [0.4, 0.5) is 28.4 Å². The van der Waals surface area contributed by atoms with Gasteiger partial charge in [0, 0.05) is 83.0 Å². The second-order valence-corrected chi connectivity index (χ2v) is 18.6. The van der Waals surface area contributed by atoms with E-state index in [4.69, 9.17) is 37.9 Å². The van der Waals surface area contributed by atoms with Gasteiger partial charge in [-0.15, -0.1) is 0 Å². The minimum Gasteiger partial charge on any atom is -0.493 e. The van der Waals surface area contributed by atoms with Gasteiger partial charge in [0.15, 0.2) is 23.0 Å². The van der Waals surface area contributed by atoms with Crippen molar-refractivity contribution in [1.29, 1.82) is 0 Å². The molecule has 0 spiro atoms. The standard InChI is InChI=1S/C56H65N5O11/c1-57-33-42-27-39-12-7-9-14-46(39)60(42)55(63)44-29-50(66-4)52(31-48(44)57)71-35-37-24-38(26-41(25-37)59(17-11-16-54(62)68-6)18-19-69-22-23-70-21-20-65-3)36-72-53-32-49-45(30-51(53)67-5)56(64)61-43(34-58(49)2)28-40-13-8-10-15-47(40)61/h7-10,12-15,24-26,29-32,42-43H,11,16-23,27-28,33-36H2,1-6H3/t42-,43-/m0/s1. The van der Waals surface area contributed by atoms with Crippen LogP contribution in [0, 0.1) is 0 Å².